The summed E-state index contributed by atoms with van der Waals surface area (Å²) < 4.78 is 12.1. The summed E-state index contributed by atoms with van der Waals surface area (Å²) in [7, 11) is 1.50. The summed E-state index contributed by atoms with van der Waals surface area (Å²) in [4.78, 5) is 35.8. The molecule has 3 aromatic rings. The van der Waals surface area contributed by atoms with Gasteiger partial charge in [-0.2, -0.15) is 0 Å². The zero-order chi connectivity index (χ0) is 23.5. The fourth-order valence-electron chi connectivity index (χ4n) is 3.51. The molecule has 1 aliphatic rings. The van der Waals surface area contributed by atoms with Crippen molar-refractivity contribution in [3.8, 4) is 11.5 Å². The van der Waals surface area contributed by atoms with Crippen LogP contribution in [-0.2, 0) is 16.2 Å². The standard InChI is InChI=1S/C24H19BrN2O6/c1-32-20-10-16(9-19-23(30)27(12-22(28)29)24(31)26-19)18(25)11-21(20)33-13-15-7-4-6-14-5-2-3-8-17(14)15/h2-11H,12-13H2,1H3,(H,26,31)(H,28,29)/b19-9+. The van der Waals surface area contributed by atoms with Crippen LogP contribution in [0.25, 0.3) is 16.8 Å². The Hall–Kier alpha value is -3.85. The summed E-state index contributed by atoms with van der Waals surface area (Å²) in [5, 5.41) is 13.5. The van der Waals surface area contributed by atoms with E-state index >= 15 is 0 Å². The number of carboxylic acid groups (broad SMARTS) is 1. The third-order valence-electron chi connectivity index (χ3n) is 5.10. The molecule has 8 nitrogen and oxygen atoms in total. The zero-order valence-electron chi connectivity index (χ0n) is 17.5. The molecule has 2 N–H and O–H groups in total. The number of hydrogen-bond donors (Lipinski definition) is 2. The van der Waals surface area contributed by atoms with Gasteiger partial charge in [0.25, 0.3) is 5.91 Å². The van der Waals surface area contributed by atoms with Crippen molar-refractivity contribution in [2.24, 2.45) is 0 Å². The topological polar surface area (TPSA) is 105 Å². The lowest BCUT2D eigenvalue weighted by molar-refractivity contribution is -0.140. The second-order valence-electron chi connectivity index (χ2n) is 7.22. The van der Waals surface area contributed by atoms with Gasteiger partial charge in [0.05, 0.1) is 7.11 Å². The monoisotopic (exact) mass is 510 g/mol. The number of fused-ring (bicyclic) bond motifs is 1. The van der Waals surface area contributed by atoms with E-state index in [1.807, 2.05) is 42.5 Å². The Bertz CT molecular complexity index is 1300. The summed E-state index contributed by atoms with van der Waals surface area (Å²) in [6.45, 7) is -0.392. The number of amides is 3. The van der Waals surface area contributed by atoms with Crippen molar-refractivity contribution >= 4 is 50.7 Å². The van der Waals surface area contributed by atoms with Crippen molar-refractivity contribution in [3.05, 3.63) is 75.9 Å². The number of rotatable bonds is 7. The number of carboxylic acids is 1. The van der Waals surface area contributed by atoms with Crippen LogP contribution in [0.2, 0.25) is 0 Å². The molecule has 0 unspecified atom stereocenters. The third-order valence-corrected chi connectivity index (χ3v) is 5.79. The minimum Gasteiger partial charge on any atom is -0.493 e. The van der Waals surface area contributed by atoms with Gasteiger partial charge in [-0.3, -0.25) is 9.59 Å². The summed E-state index contributed by atoms with van der Waals surface area (Å²) in [6.07, 6.45) is 1.45. The highest BCUT2D eigenvalue weighted by atomic mass is 79.9. The molecule has 0 radical (unpaired) electrons. The molecule has 3 aromatic carbocycles. The van der Waals surface area contributed by atoms with Gasteiger partial charge in [-0.05, 0) is 40.1 Å². The van der Waals surface area contributed by atoms with Crippen LogP contribution < -0.4 is 14.8 Å². The summed E-state index contributed by atoms with van der Waals surface area (Å²) in [5.41, 5.74) is 1.54. The van der Waals surface area contributed by atoms with E-state index in [0.717, 1.165) is 16.3 Å². The number of urea groups is 1. The first-order chi connectivity index (χ1) is 15.9. The molecule has 1 fully saturated rings. The lowest BCUT2D eigenvalue weighted by Gasteiger charge is -2.14. The summed E-state index contributed by atoms with van der Waals surface area (Å²) >= 11 is 3.46. The quantitative estimate of drug-likeness (QED) is 0.365. The fourth-order valence-corrected chi connectivity index (χ4v) is 3.95. The molecule has 168 valence electrons. The van der Waals surface area contributed by atoms with E-state index in [0.29, 0.717) is 33.0 Å². The number of nitrogens with zero attached hydrogens (tertiary/aromatic N) is 1. The molecule has 0 atom stereocenters. The first-order valence-electron chi connectivity index (χ1n) is 9.90. The Labute approximate surface area is 197 Å². The van der Waals surface area contributed by atoms with Crippen LogP contribution in [0.15, 0.2) is 64.8 Å². The minimum absolute atomic E-state index is 0.0339. The van der Waals surface area contributed by atoms with Gasteiger partial charge in [0.2, 0.25) is 0 Å². The molecule has 1 aliphatic heterocycles. The third kappa shape index (κ3) is 4.68. The highest BCUT2D eigenvalue weighted by Gasteiger charge is 2.35. The average Bonchev–Trinajstić information content (AvgIpc) is 3.06. The Balaban J connectivity index is 1.58. The van der Waals surface area contributed by atoms with Crippen LogP contribution in [0.3, 0.4) is 0 Å². The van der Waals surface area contributed by atoms with E-state index in [4.69, 9.17) is 14.6 Å². The normalized spacial score (nSPS) is 14.6. The highest BCUT2D eigenvalue weighted by molar-refractivity contribution is 9.10. The van der Waals surface area contributed by atoms with Crippen LogP contribution in [0.1, 0.15) is 11.1 Å². The lowest BCUT2D eigenvalue weighted by Crippen LogP contribution is -2.35. The van der Waals surface area contributed by atoms with Gasteiger partial charge in [-0.25, -0.2) is 9.69 Å². The second kappa shape index (κ2) is 9.33. The van der Waals surface area contributed by atoms with Gasteiger partial charge in [0, 0.05) is 4.47 Å². The number of benzene rings is 3. The number of methoxy groups -OCH3 is 1. The average molecular weight is 511 g/mol. The van der Waals surface area contributed by atoms with Gasteiger partial charge < -0.3 is 19.9 Å². The molecular formula is C24H19BrN2O6. The maximum Gasteiger partial charge on any atom is 0.329 e. The van der Waals surface area contributed by atoms with Gasteiger partial charge in [-0.1, -0.05) is 58.4 Å². The Kier molecular flexibility index (Phi) is 6.32. The van der Waals surface area contributed by atoms with Crippen LogP contribution in [0, 0.1) is 0 Å². The second-order valence-corrected chi connectivity index (χ2v) is 8.08. The van der Waals surface area contributed by atoms with E-state index in [-0.39, 0.29) is 5.70 Å². The van der Waals surface area contributed by atoms with Crippen molar-refractivity contribution in [1.82, 2.24) is 10.2 Å². The van der Waals surface area contributed by atoms with E-state index in [2.05, 4.69) is 21.2 Å². The molecule has 0 aliphatic carbocycles. The molecule has 0 spiro atoms. The first kappa shape index (κ1) is 22.3. The van der Waals surface area contributed by atoms with Crippen molar-refractivity contribution < 1.29 is 29.0 Å². The number of carbonyl (C=O) groups excluding carboxylic acids is 2. The van der Waals surface area contributed by atoms with Gasteiger partial charge >= 0.3 is 12.0 Å². The van der Waals surface area contributed by atoms with Crippen LogP contribution in [-0.4, -0.2) is 41.6 Å². The highest BCUT2D eigenvalue weighted by Crippen LogP contribution is 2.35. The number of hydrogen-bond acceptors (Lipinski definition) is 5. The van der Waals surface area contributed by atoms with Crippen molar-refractivity contribution in [1.29, 1.82) is 0 Å². The van der Waals surface area contributed by atoms with Crippen molar-refractivity contribution in [2.75, 3.05) is 13.7 Å². The maximum absolute atomic E-state index is 12.4. The molecule has 1 heterocycles. The molecule has 9 heteroatoms. The van der Waals surface area contributed by atoms with E-state index < -0.39 is 24.5 Å². The molecule has 4 rings (SSSR count). The predicted molar refractivity (Wildman–Crippen MR) is 125 cm³/mol. The number of carbonyl (C=O) groups is 3. The first-order valence-corrected chi connectivity index (χ1v) is 10.7. The smallest absolute Gasteiger partial charge is 0.329 e. The Morgan fingerprint density at radius 3 is 2.64 bits per heavy atom. The fraction of sp³-hybridized carbons (Fsp3) is 0.125. The van der Waals surface area contributed by atoms with E-state index in [1.54, 1.807) is 12.1 Å². The largest absolute Gasteiger partial charge is 0.493 e. The Morgan fingerprint density at radius 1 is 1.12 bits per heavy atom. The molecule has 0 saturated carbocycles. The number of ether oxygens (including phenoxy) is 2. The van der Waals surface area contributed by atoms with Crippen LogP contribution >= 0.6 is 15.9 Å². The maximum atomic E-state index is 12.4. The van der Waals surface area contributed by atoms with Crippen LogP contribution in [0.5, 0.6) is 11.5 Å². The number of halogens is 1. The molecule has 1 saturated heterocycles. The number of nitrogens with one attached hydrogen (secondary N) is 1. The van der Waals surface area contributed by atoms with E-state index in [1.165, 1.54) is 13.2 Å². The van der Waals surface area contributed by atoms with Gasteiger partial charge in [-0.15, -0.1) is 0 Å². The molecule has 3 amide bonds. The van der Waals surface area contributed by atoms with Gasteiger partial charge in [0.1, 0.15) is 18.8 Å². The number of imide groups is 1. The minimum atomic E-state index is -1.28. The van der Waals surface area contributed by atoms with Gasteiger partial charge in [0.15, 0.2) is 11.5 Å². The van der Waals surface area contributed by atoms with Crippen LogP contribution in [0.4, 0.5) is 4.79 Å². The van der Waals surface area contributed by atoms with Crippen molar-refractivity contribution in [2.45, 2.75) is 6.61 Å². The lowest BCUT2D eigenvalue weighted by atomic mass is 10.1. The van der Waals surface area contributed by atoms with E-state index in [9.17, 15) is 14.4 Å². The SMILES string of the molecule is COc1cc(/C=C2/NC(=O)N(CC(=O)O)C2=O)c(Br)cc1OCc1cccc2ccccc12. The molecule has 33 heavy (non-hydrogen) atoms. The number of aliphatic carboxylic acids is 1. The summed E-state index contributed by atoms with van der Waals surface area (Å²) in [6, 6.07) is 16.7. The predicted octanol–water partition coefficient (Wildman–Crippen LogP) is 4.17. The van der Waals surface area contributed by atoms with Crippen molar-refractivity contribution in [3.63, 3.8) is 0 Å². The zero-order valence-corrected chi connectivity index (χ0v) is 19.1. The molecule has 0 bridgehead atoms. The summed E-state index contributed by atoms with van der Waals surface area (Å²) in [5.74, 6) is -1.07. The molecular weight excluding hydrogens is 492 g/mol. The molecule has 0 aromatic heterocycles. The Morgan fingerprint density at radius 2 is 1.88 bits per heavy atom.